The van der Waals surface area contributed by atoms with Crippen molar-refractivity contribution in [2.75, 3.05) is 6.26 Å². The summed E-state index contributed by atoms with van der Waals surface area (Å²) in [7, 11) is -1.09. The first-order valence-corrected chi connectivity index (χ1v) is 6.61. The van der Waals surface area contributed by atoms with Crippen molar-refractivity contribution in [1.29, 1.82) is 0 Å². The number of H-pyrrole nitrogens is 1. The summed E-state index contributed by atoms with van der Waals surface area (Å²) in [5.41, 5.74) is 2.69. The van der Waals surface area contributed by atoms with Crippen molar-refractivity contribution in [3.8, 4) is 5.69 Å². The Balaban J connectivity index is 2.16. The number of imidazole rings is 2. The monoisotopic (exact) mass is 246 g/mol. The van der Waals surface area contributed by atoms with E-state index in [-0.39, 0.29) is 0 Å². The van der Waals surface area contributed by atoms with Gasteiger partial charge in [-0.05, 0) is 18.2 Å². The summed E-state index contributed by atoms with van der Waals surface area (Å²) in [4.78, 5) is 11.3. The van der Waals surface area contributed by atoms with E-state index in [2.05, 4.69) is 15.0 Å². The lowest BCUT2D eigenvalue weighted by Gasteiger charge is -2.00. The summed E-state index contributed by atoms with van der Waals surface area (Å²) in [6, 6.07) is 5.81. The number of aromatic amines is 1. The SMILES string of the molecule is CS(=O)c1nc2ccc(-n3ccnc3)cc2[nH]1. The molecule has 6 heteroatoms. The molecule has 1 unspecified atom stereocenters. The molecule has 2 heterocycles. The van der Waals surface area contributed by atoms with E-state index < -0.39 is 10.8 Å². The minimum atomic E-state index is -1.09. The number of rotatable bonds is 2. The van der Waals surface area contributed by atoms with Crippen LogP contribution in [0.2, 0.25) is 0 Å². The molecule has 0 radical (unpaired) electrons. The molecule has 0 amide bonds. The maximum absolute atomic E-state index is 11.3. The molecule has 0 fully saturated rings. The van der Waals surface area contributed by atoms with Crippen molar-refractivity contribution in [3.05, 3.63) is 36.9 Å². The molecule has 1 N–H and O–H groups in total. The Morgan fingerprint density at radius 1 is 1.41 bits per heavy atom. The maximum atomic E-state index is 11.3. The third-order valence-electron chi connectivity index (χ3n) is 2.52. The van der Waals surface area contributed by atoms with Gasteiger partial charge in [-0.25, -0.2) is 9.97 Å². The van der Waals surface area contributed by atoms with E-state index >= 15 is 0 Å². The Kier molecular flexibility index (Phi) is 2.29. The van der Waals surface area contributed by atoms with Crippen LogP contribution >= 0.6 is 0 Å². The van der Waals surface area contributed by atoms with Crippen molar-refractivity contribution < 1.29 is 4.21 Å². The molecule has 86 valence electrons. The molecular formula is C11H10N4OS. The predicted molar refractivity (Wildman–Crippen MR) is 65.5 cm³/mol. The highest BCUT2D eigenvalue weighted by molar-refractivity contribution is 7.84. The second-order valence-electron chi connectivity index (χ2n) is 3.67. The average Bonchev–Trinajstić information content (AvgIpc) is 2.97. The Labute approximate surface area is 100.0 Å². The van der Waals surface area contributed by atoms with Gasteiger partial charge < -0.3 is 9.55 Å². The first kappa shape index (κ1) is 10.2. The Morgan fingerprint density at radius 2 is 2.29 bits per heavy atom. The molecule has 1 aromatic carbocycles. The number of benzene rings is 1. The van der Waals surface area contributed by atoms with E-state index in [1.165, 1.54) is 0 Å². The Bertz CT molecular complexity index is 687. The van der Waals surface area contributed by atoms with E-state index in [0.29, 0.717) is 5.16 Å². The molecule has 0 aliphatic heterocycles. The Hall–Kier alpha value is -1.95. The molecule has 1 atom stereocenters. The third-order valence-corrected chi connectivity index (χ3v) is 3.26. The van der Waals surface area contributed by atoms with Gasteiger partial charge in [-0.3, -0.25) is 4.21 Å². The highest BCUT2D eigenvalue weighted by Gasteiger charge is 2.06. The number of hydrogen-bond acceptors (Lipinski definition) is 3. The van der Waals surface area contributed by atoms with Crippen LogP contribution in [0.25, 0.3) is 16.7 Å². The van der Waals surface area contributed by atoms with Crippen molar-refractivity contribution in [1.82, 2.24) is 19.5 Å². The van der Waals surface area contributed by atoms with Crippen LogP contribution in [0.4, 0.5) is 0 Å². The van der Waals surface area contributed by atoms with Gasteiger partial charge in [0.1, 0.15) is 0 Å². The summed E-state index contributed by atoms with van der Waals surface area (Å²) in [5, 5.41) is 0.503. The quantitative estimate of drug-likeness (QED) is 0.745. The zero-order chi connectivity index (χ0) is 11.8. The van der Waals surface area contributed by atoms with Crippen LogP contribution in [0.3, 0.4) is 0 Å². The zero-order valence-corrected chi connectivity index (χ0v) is 9.94. The topological polar surface area (TPSA) is 63.6 Å². The van der Waals surface area contributed by atoms with E-state index in [1.54, 1.807) is 18.8 Å². The van der Waals surface area contributed by atoms with E-state index in [0.717, 1.165) is 16.7 Å². The van der Waals surface area contributed by atoms with Crippen molar-refractivity contribution in [2.24, 2.45) is 0 Å². The standard InChI is InChI=1S/C11H10N4OS/c1-17(16)11-13-9-3-2-8(6-10(9)14-11)15-5-4-12-7-15/h2-7H,1H3,(H,13,14). The van der Waals surface area contributed by atoms with Gasteiger partial charge in [-0.1, -0.05) is 0 Å². The van der Waals surface area contributed by atoms with Crippen LogP contribution in [0, 0.1) is 0 Å². The molecule has 17 heavy (non-hydrogen) atoms. The number of aromatic nitrogens is 4. The molecule has 0 bridgehead atoms. The van der Waals surface area contributed by atoms with Gasteiger partial charge in [0, 0.05) is 24.3 Å². The third kappa shape index (κ3) is 1.76. The summed E-state index contributed by atoms with van der Waals surface area (Å²) in [6.07, 6.45) is 6.94. The Morgan fingerprint density at radius 3 is 3.00 bits per heavy atom. The van der Waals surface area contributed by atoms with Crippen LogP contribution in [0.1, 0.15) is 0 Å². The largest absolute Gasteiger partial charge is 0.331 e. The predicted octanol–water partition coefficient (Wildman–Crippen LogP) is 1.49. The van der Waals surface area contributed by atoms with Gasteiger partial charge in [0.25, 0.3) is 0 Å². The van der Waals surface area contributed by atoms with Crippen molar-refractivity contribution >= 4 is 21.8 Å². The summed E-state index contributed by atoms with van der Waals surface area (Å²) in [5.74, 6) is 0. The smallest absolute Gasteiger partial charge is 0.197 e. The van der Waals surface area contributed by atoms with Gasteiger partial charge in [0.05, 0.1) is 28.2 Å². The van der Waals surface area contributed by atoms with Gasteiger partial charge in [0.2, 0.25) is 0 Å². The lowest BCUT2D eigenvalue weighted by Crippen LogP contribution is -1.89. The fraction of sp³-hybridized carbons (Fsp3) is 0.0909. The number of fused-ring (bicyclic) bond motifs is 1. The van der Waals surface area contributed by atoms with Gasteiger partial charge >= 0.3 is 0 Å². The van der Waals surface area contributed by atoms with Crippen molar-refractivity contribution in [3.63, 3.8) is 0 Å². The fourth-order valence-electron chi connectivity index (χ4n) is 1.68. The molecule has 5 nitrogen and oxygen atoms in total. The zero-order valence-electron chi connectivity index (χ0n) is 9.12. The first-order valence-electron chi connectivity index (χ1n) is 5.05. The maximum Gasteiger partial charge on any atom is 0.197 e. The summed E-state index contributed by atoms with van der Waals surface area (Å²) in [6.45, 7) is 0. The van der Waals surface area contributed by atoms with Crippen molar-refractivity contribution in [2.45, 2.75) is 5.16 Å². The minimum absolute atomic E-state index is 0.503. The molecule has 0 aliphatic carbocycles. The molecule has 3 aromatic rings. The molecule has 2 aromatic heterocycles. The summed E-state index contributed by atoms with van der Waals surface area (Å²) < 4.78 is 13.2. The average molecular weight is 246 g/mol. The van der Waals surface area contributed by atoms with Gasteiger partial charge in [-0.2, -0.15) is 0 Å². The number of nitrogens with zero attached hydrogens (tertiary/aromatic N) is 3. The lowest BCUT2D eigenvalue weighted by atomic mass is 10.3. The minimum Gasteiger partial charge on any atom is -0.331 e. The first-order chi connectivity index (χ1) is 8.24. The second kappa shape index (κ2) is 3.81. The number of nitrogens with one attached hydrogen (secondary N) is 1. The highest BCUT2D eigenvalue weighted by Crippen LogP contribution is 2.17. The van der Waals surface area contributed by atoms with Gasteiger partial charge in [-0.15, -0.1) is 0 Å². The molecule has 0 saturated carbocycles. The molecule has 0 spiro atoms. The van der Waals surface area contributed by atoms with Crippen LogP contribution in [0.15, 0.2) is 42.1 Å². The van der Waals surface area contributed by atoms with E-state index in [1.807, 2.05) is 29.0 Å². The second-order valence-corrected chi connectivity index (χ2v) is 4.96. The highest BCUT2D eigenvalue weighted by atomic mass is 32.2. The van der Waals surface area contributed by atoms with E-state index in [4.69, 9.17) is 0 Å². The molecule has 3 rings (SSSR count). The van der Waals surface area contributed by atoms with Crippen LogP contribution < -0.4 is 0 Å². The molecular weight excluding hydrogens is 236 g/mol. The molecule has 0 aliphatic rings. The van der Waals surface area contributed by atoms with Gasteiger partial charge in [0.15, 0.2) is 5.16 Å². The molecule has 0 saturated heterocycles. The van der Waals surface area contributed by atoms with Crippen LogP contribution in [0.5, 0.6) is 0 Å². The van der Waals surface area contributed by atoms with Crippen LogP contribution in [-0.4, -0.2) is 30.0 Å². The van der Waals surface area contributed by atoms with Crippen LogP contribution in [-0.2, 0) is 10.8 Å². The summed E-state index contributed by atoms with van der Waals surface area (Å²) >= 11 is 0. The van der Waals surface area contributed by atoms with E-state index in [9.17, 15) is 4.21 Å². The normalized spacial score (nSPS) is 13.0. The number of hydrogen-bond donors (Lipinski definition) is 1. The fourth-order valence-corrected chi connectivity index (χ4v) is 2.16. The lowest BCUT2D eigenvalue weighted by molar-refractivity contribution is 0.682.